The molecule has 2 atom stereocenters. The Labute approximate surface area is 166 Å². The molecule has 0 amide bonds. The molecular weight excluding hydrogens is 356 g/mol. The molecule has 0 radical (unpaired) electrons. The molecule has 0 aromatic heterocycles. The molecule has 3 aliphatic rings. The average molecular weight is 383 g/mol. The number of fused-ring (bicyclic) bond motifs is 5. The van der Waals surface area contributed by atoms with Crippen LogP contribution >= 0.6 is 11.6 Å². The summed E-state index contributed by atoms with van der Waals surface area (Å²) in [6, 6.07) is 11.9. The minimum atomic E-state index is 0.206. The van der Waals surface area contributed by atoms with Crippen LogP contribution in [0.2, 0.25) is 5.02 Å². The van der Waals surface area contributed by atoms with E-state index in [0.717, 1.165) is 38.4 Å². The Morgan fingerprint density at radius 3 is 2.81 bits per heavy atom. The second-order valence-corrected chi connectivity index (χ2v) is 8.86. The van der Waals surface area contributed by atoms with Gasteiger partial charge < -0.3 is 15.3 Å². The number of nitrogens with one attached hydrogen (secondary N) is 1. The molecule has 1 saturated carbocycles. The maximum Gasteiger partial charge on any atom is 0.134 e. The third kappa shape index (κ3) is 3.16. The highest BCUT2D eigenvalue weighted by Gasteiger charge is 2.37. The third-order valence-corrected chi connectivity index (χ3v) is 7.02. The molecular formula is C23H27ClN2O. The molecule has 27 heavy (non-hydrogen) atoms. The smallest absolute Gasteiger partial charge is 0.134 e. The molecule has 2 aromatic rings. The molecule has 0 spiro atoms. The van der Waals surface area contributed by atoms with Gasteiger partial charge in [0.15, 0.2) is 0 Å². The van der Waals surface area contributed by atoms with Crippen molar-refractivity contribution >= 4 is 11.6 Å². The molecule has 4 heteroatoms. The summed E-state index contributed by atoms with van der Waals surface area (Å²) in [6.07, 6.45) is 5.92. The first-order valence-corrected chi connectivity index (χ1v) is 10.5. The van der Waals surface area contributed by atoms with E-state index in [2.05, 4.69) is 35.5 Å². The first-order chi connectivity index (χ1) is 13.1. The van der Waals surface area contributed by atoms with Gasteiger partial charge in [-0.05, 0) is 79.1 Å². The third-order valence-electron chi connectivity index (χ3n) is 6.72. The number of halogens is 1. The van der Waals surface area contributed by atoms with Gasteiger partial charge in [-0.25, -0.2) is 0 Å². The zero-order chi connectivity index (χ0) is 18.5. The summed E-state index contributed by atoms with van der Waals surface area (Å²) in [6.45, 7) is 2.01. The van der Waals surface area contributed by atoms with Crippen molar-refractivity contribution in [3.05, 3.63) is 63.2 Å². The summed E-state index contributed by atoms with van der Waals surface area (Å²) in [5.74, 6) is 0.512. The van der Waals surface area contributed by atoms with E-state index in [-0.39, 0.29) is 5.75 Å². The van der Waals surface area contributed by atoms with Crippen molar-refractivity contribution in [1.82, 2.24) is 10.2 Å². The fourth-order valence-corrected chi connectivity index (χ4v) is 5.25. The predicted molar refractivity (Wildman–Crippen MR) is 110 cm³/mol. The number of hydrogen-bond acceptors (Lipinski definition) is 3. The van der Waals surface area contributed by atoms with E-state index in [9.17, 15) is 5.11 Å². The topological polar surface area (TPSA) is 35.5 Å². The molecule has 2 aromatic carbocycles. The van der Waals surface area contributed by atoms with Crippen molar-refractivity contribution in [2.75, 3.05) is 13.6 Å². The van der Waals surface area contributed by atoms with Crippen LogP contribution in [0.5, 0.6) is 5.75 Å². The number of likely N-dealkylation sites (N-methyl/N-ethyl adjacent to an activating group) is 1. The van der Waals surface area contributed by atoms with Gasteiger partial charge in [0.25, 0.3) is 0 Å². The fraction of sp³-hybridized carbons (Fsp3) is 0.478. The van der Waals surface area contributed by atoms with Gasteiger partial charge in [-0.3, -0.25) is 0 Å². The number of aromatic hydroxyl groups is 1. The van der Waals surface area contributed by atoms with E-state index >= 15 is 0 Å². The van der Waals surface area contributed by atoms with Crippen molar-refractivity contribution in [2.24, 2.45) is 0 Å². The Morgan fingerprint density at radius 1 is 1.15 bits per heavy atom. The molecule has 1 aliphatic heterocycles. The van der Waals surface area contributed by atoms with E-state index < -0.39 is 0 Å². The van der Waals surface area contributed by atoms with Crippen LogP contribution < -0.4 is 5.32 Å². The highest BCUT2D eigenvalue weighted by molar-refractivity contribution is 6.32. The summed E-state index contributed by atoms with van der Waals surface area (Å²) in [4.78, 5) is 2.51. The van der Waals surface area contributed by atoms with Crippen LogP contribution in [0.25, 0.3) is 0 Å². The van der Waals surface area contributed by atoms with Crippen LogP contribution in [0.1, 0.15) is 53.0 Å². The molecule has 1 heterocycles. The fourth-order valence-electron chi connectivity index (χ4n) is 5.06. The second kappa shape index (κ2) is 6.80. The van der Waals surface area contributed by atoms with E-state index in [0.29, 0.717) is 17.0 Å². The maximum atomic E-state index is 10.3. The van der Waals surface area contributed by atoms with Crippen molar-refractivity contribution in [2.45, 2.75) is 56.7 Å². The molecule has 5 rings (SSSR count). The average Bonchev–Trinajstić information content (AvgIpc) is 3.50. The van der Waals surface area contributed by atoms with Crippen LogP contribution in [0, 0.1) is 0 Å². The van der Waals surface area contributed by atoms with Crippen molar-refractivity contribution in [1.29, 1.82) is 0 Å². The quantitative estimate of drug-likeness (QED) is 0.833. The largest absolute Gasteiger partial charge is 0.506 e. The second-order valence-electron chi connectivity index (χ2n) is 8.46. The summed E-state index contributed by atoms with van der Waals surface area (Å²) in [7, 11) is 2.24. The first kappa shape index (κ1) is 17.5. The van der Waals surface area contributed by atoms with Crippen LogP contribution in [0.4, 0.5) is 0 Å². The lowest BCUT2D eigenvalue weighted by atomic mass is 9.73. The highest BCUT2D eigenvalue weighted by atomic mass is 35.5. The van der Waals surface area contributed by atoms with Gasteiger partial charge in [-0.15, -0.1) is 0 Å². The Bertz CT molecular complexity index is 877. The summed E-state index contributed by atoms with van der Waals surface area (Å²) in [5.41, 5.74) is 6.95. The zero-order valence-electron chi connectivity index (χ0n) is 15.8. The van der Waals surface area contributed by atoms with Gasteiger partial charge in [-0.1, -0.05) is 29.8 Å². The van der Waals surface area contributed by atoms with Gasteiger partial charge in [0.1, 0.15) is 5.75 Å². The van der Waals surface area contributed by atoms with E-state index in [1.807, 2.05) is 12.1 Å². The molecule has 1 fully saturated rings. The predicted octanol–water partition coefficient (Wildman–Crippen LogP) is 4.23. The normalized spacial score (nSPS) is 24.7. The summed E-state index contributed by atoms with van der Waals surface area (Å²) >= 11 is 6.24. The lowest BCUT2D eigenvalue weighted by Crippen LogP contribution is -2.40. The monoisotopic (exact) mass is 382 g/mol. The highest BCUT2D eigenvalue weighted by Crippen LogP contribution is 2.45. The number of benzene rings is 2. The molecule has 142 valence electrons. The first-order valence-electron chi connectivity index (χ1n) is 10.2. The molecule has 3 nitrogen and oxygen atoms in total. The van der Waals surface area contributed by atoms with Crippen LogP contribution in [-0.2, 0) is 19.4 Å². The van der Waals surface area contributed by atoms with Gasteiger partial charge >= 0.3 is 0 Å². The maximum absolute atomic E-state index is 10.3. The molecule has 0 saturated heterocycles. The minimum absolute atomic E-state index is 0.206. The summed E-state index contributed by atoms with van der Waals surface area (Å²) < 4.78 is 0. The Morgan fingerprint density at radius 2 is 2.00 bits per heavy atom. The molecule has 2 aliphatic carbocycles. The Kier molecular flexibility index (Phi) is 4.42. The number of phenolic OH excluding ortho intramolecular Hbond substituents is 1. The Hall–Kier alpha value is -1.55. The van der Waals surface area contributed by atoms with Crippen LogP contribution in [0.15, 0.2) is 30.3 Å². The number of nitrogens with zero attached hydrogens (tertiary/aromatic N) is 1. The lowest BCUT2D eigenvalue weighted by molar-refractivity contribution is 0.213. The number of phenols is 1. The molecule has 2 unspecified atom stereocenters. The summed E-state index contributed by atoms with van der Waals surface area (Å²) in [5, 5.41) is 14.5. The number of hydrogen-bond donors (Lipinski definition) is 2. The van der Waals surface area contributed by atoms with Gasteiger partial charge in [0.2, 0.25) is 0 Å². The van der Waals surface area contributed by atoms with Crippen molar-refractivity contribution in [3.8, 4) is 5.75 Å². The number of rotatable bonds is 3. The Balaban J connectivity index is 1.61. The van der Waals surface area contributed by atoms with Gasteiger partial charge in [-0.2, -0.15) is 0 Å². The zero-order valence-corrected chi connectivity index (χ0v) is 16.6. The van der Waals surface area contributed by atoms with E-state index in [4.69, 9.17) is 11.6 Å². The molecule has 0 bridgehead atoms. The van der Waals surface area contributed by atoms with E-state index in [1.54, 1.807) is 0 Å². The minimum Gasteiger partial charge on any atom is -0.506 e. The van der Waals surface area contributed by atoms with Crippen LogP contribution in [0.3, 0.4) is 0 Å². The standard InChI is InChI=1S/C23H27ClN2O/c1-26-10-9-14-11-20(24)22(27)12-19(14)23-18-4-2-3-15(13-25-16-5-6-16)17(18)7-8-21(23)26/h2-4,11-12,16,21,23,25,27H,5-10,13H2,1H3. The van der Waals surface area contributed by atoms with Gasteiger partial charge in [0, 0.05) is 31.1 Å². The van der Waals surface area contributed by atoms with Gasteiger partial charge in [0.05, 0.1) is 5.02 Å². The molecule has 2 N–H and O–H groups in total. The van der Waals surface area contributed by atoms with Crippen LogP contribution in [-0.4, -0.2) is 35.7 Å². The van der Waals surface area contributed by atoms with Crippen molar-refractivity contribution < 1.29 is 5.11 Å². The SMILES string of the molecule is CN1CCc2cc(Cl)c(O)cc2C2c3cccc(CNC4CC4)c3CCC21. The van der Waals surface area contributed by atoms with E-state index in [1.165, 1.54) is 40.7 Å². The van der Waals surface area contributed by atoms with Crippen molar-refractivity contribution in [3.63, 3.8) is 0 Å². The lowest BCUT2D eigenvalue weighted by Gasteiger charge is -2.39.